The summed E-state index contributed by atoms with van der Waals surface area (Å²) in [6, 6.07) is 8.52. The Hall–Kier alpha value is -2.63. The first-order valence-electron chi connectivity index (χ1n) is 5.24. The Morgan fingerprint density at radius 2 is 1.94 bits per heavy atom. The van der Waals surface area contributed by atoms with Crippen molar-refractivity contribution in [3.05, 3.63) is 62.4 Å². The van der Waals surface area contributed by atoms with Crippen LogP contribution in [0.4, 0.5) is 0 Å². The van der Waals surface area contributed by atoms with Crippen molar-refractivity contribution in [2.24, 2.45) is 5.16 Å². The lowest BCUT2D eigenvalue weighted by Crippen LogP contribution is -2.36. The number of nitrogens with one attached hydrogen (secondary N) is 1. The highest BCUT2D eigenvalue weighted by Gasteiger charge is 2.11. The largest absolute Gasteiger partial charge is 0.411 e. The fraction of sp³-hybridized carbons (Fsp3) is 0.0833. The van der Waals surface area contributed by atoms with Crippen molar-refractivity contribution in [3.63, 3.8) is 0 Å². The van der Waals surface area contributed by atoms with E-state index in [1.165, 1.54) is 0 Å². The molecule has 0 atom stereocenters. The summed E-state index contributed by atoms with van der Waals surface area (Å²) >= 11 is 0. The standard InChI is InChI=1S/C12H11N3O3/c1-8-10(7-13-18)11(16)15(12(17)14-8)9-5-3-2-4-6-9/h2-7,18H,1H3,(H,14,17)/b13-7-. The summed E-state index contributed by atoms with van der Waals surface area (Å²) in [5.74, 6) is 0. The first-order chi connectivity index (χ1) is 8.65. The molecule has 0 aliphatic heterocycles. The van der Waals surface area contributed by atoms with Gasteiger partial charge in [-0.1, -0.05) is 23.4 Å². The number of rotatable bonds is 2. The van der Waals surface area contributed by atoms with Crippen LogP contribution in [0.25, 0.3) is 5.69 Å². The minimum atomic E-state index is -0.529. The fourth-order valence-electron chi connectivity index (χ4n) is 1.68. The zero-order valence-electron chi connectivity index (χ0n) is 9.62. The van der Waals surface area contributed by atoms with Crippen LogP contribution in [0.1, 0.15) is 11.3 Å². The van der Waals surface area contributed by atoms with Gasteiger partial charge < -0.3 is 10.2 Å². The van der Waals surface area contributed by atoms with E-state index in [0.717, 1.165) is 10.8 Å². The average Bonchev–Trinajstić information content (AvgIpc) is 2.35. The van der Waals surface area contributed by atoms with Crippen LogP contribution in [0.2, 0.25) is 0 Å². The van der Waals surface area contributed by atoms with Crippen LogP contribution in [-0.4, -0.2) is 21.0 Å². The summed E-state index contributed by atoms with van der Waals surface area (Å²) in [7, 11) is 0. The van der Waals surface area contributed by atoms with Gasteiger partial charge in [-0.15, -0.1) is 0 Å². The number of hydrogen-bond donors (Lipinski definition) is 2. The van der Waals surface area contributed by atoms with Crippen molar-refractivity contribution in [2.45, 2.75) is 6.92 Å². The zero-order valence-corrected chi connectivity index (χ0v) is 9.62. The van der Waals surface area contributed by atoms with E-state index in [2.05, 4.69) is 10.1 Å². The van der Waals surface area contributed by atoms with Crippen LogP contribution in [0.5, 0.6) is 0 Å². The maximum atomic E-state index is 12.1. The highest BCUT2D eigenvalue weighted by atomic mass is 16.4. The Balaban J connectivity index is 2.81. The van der Waals surface area contributed by atoms with E-state index in [-0.39, 0.29) is 5.56 Å². The Bertz CT molecular complexity index is 699. The molecule has 0 amide bonds. The minimum Gasteiger partial charge on any atom is -0.411 e. The van der Waals surface area contributed by atoms with Gasteiger partial charge in [-0.2, -0.15) is 0 Å². The van der Waals surface area contributed by atoms with Gasteiger partial charge in [0.25, 0.3) is 5.56 Å². The number of aromatic amines is 1. The molecule has 6 nitrogen and oxygen atoms in total. The highest BCUT2D eigenvalue weighted by Crippen LogP contribution is 2.02. The van der Waals surface area contributed by atoms with Crippen LogP contribution in [0, 0.1) is 6.92 Å². The lowest BCUT2D eigenvalue weighted by molar-refractivity contribution is 0.321. The molecule has 92 valence electrons. The van der Waals surface area contributed by atoms with E-state index in [0.29, 0.717) is 11.4 Å². The predicted molar refractivity (Wildman–Crippen MR) is 66.8 cm³/mol. The molecule has 0 unspecified atom stereocenters. The van der Waals surface area contributed by atoms with Gasteiger partial charge in [0.1, 0.15) is 0 Å². The molecular weight excluding hydrogens is 234 g/mol. The predicted octanol–water partition coefficient (Wildman–Crippen LogP) is 0.642. The lowest BCUT2D eigenvalue weighted by atomic mass is 10.2. The highest BCUT2D eigenvalue weighted by molar-refractivity contribution is 5.79. The summed E-state index contributed by atoms with van der Waals surface area (Å²) in [6.45, 7) is 1.56. The third-order valence-electron chi connectivity index (χ3n) is 2.54. The van der Waals surface area contributed by atoms with Crippen LogP contribution in [0.15, 0.2) is 45.1 Å². The molecule has 0 radical (unpaired) electrons. The Morgan fingerprint density at radius 3 is 2.56 bits per heavy atom. The van der Waals surface area contributed by atoms with E-state index in [4.69, 9.17) is 5.21 Å². The number of hydrogen-bond acceptors (Lipinski definition) is 4. The minimum absolute atomic E-state index is 0.140. The summed E-state index contributed by atoms with van der Waals surface area (Å²) < 4.78 is 0.990. The molecule has 6 heteroatoms. The number of aryl methyl sites for hydroxylation is 1. The SMILES string of the molecule is Cc1[nH]c(=O)n(-c2ccccc2)c(=O)c1/C=N\O. The molecule has 1 aromatic carbocycles. The molecule has 18 heavy (non-hydrogen) atoms. The van der Waals surface area contributed by atoms with Crippen molar-refractivity contribution < 1.29 is 5.21 Å². The maximum Gasteiger partial charge on any atom is 0.333 e. The van der Waals surface area contributed by atoms with Gasteiger partial charge in [-0.05, 0) is 19.1 Å². The first kappa shape index (κ1) is 11.8. The normalized spacial score (nSPS) is 10.9. The number of para-hydroxylation sites is 1. The molecule has 0 saturated carbocycles. The summed E-state index contributed by atoms with van der Waals surface area (Å²) in [6.07, 6.45) is 1.01. The molecule has 0 aliphatic carbocycles. The van der Waals surface area contributed by atoms with Gasteiger partial charge in [-0.25, -0.2) is 9.36 Å². The number of benzene rings is 1. The second-order valence-electron chi connectivity index (χ2n) is 3.69. The Labute approximate surface area is 102 Å². The van der Waals surface area contributed by atoms with E-state index >= 15 is 0 Å². The average molecular weight is 245 g/mol. The van der Waals surface area contributed by atoms with Crippen LogP contribution >= 0.6 is 0 Å². The van der Waals surface area contributed by atoms with Crippen molar-refractivity contribution in [1.29, 1.82) is 0 Å². The summed E-state index contributed by atoms with van der Waals surface area (Å²) in [4.78, 5) is 26.5. The number of H-pyrrole nitrogens is 1. The summed E-state index contributed by atoms with van der Waals surface area (Å²) in [5, 5.41) is 11.4. The third kappa shape index (κ3) is 1.95. The molecule has 0 bridgehead atoms. The molecule has 0 saturated heterocycles. The molecule has 2 N–H and O–H groups in total. The molecule has 1 heterocycles. The first-order valence-corrected chi connectivity index (χ1v) is 5.24. The van der Waals surface area contributed by atoms with Crippen molar-refractivity contribution in [1.82, 2.24) is 9.55 Å². The molecule has 0 fully saturated rings. The van der Waals surface area contributed by atoms with E-state index < -0.39 is 11.2 Å². The van der Waals surface area contributed by atoms with Gasteiger partial charge in [0.05, 0.1) is 17.5 Å². The van der Waals surface area contributed by atoms with Crippen LogP contribution in [0.3, 0.4) is 0 Å². The Kier molecular flexibility index (Phi) is 3.09. The topological polar surface area (TPSA) is 87.5 Å². The molecule has 1 aromatic heterocycles. The van der Waals surface area contributed by atoms with Gasteiger partial charge in [0.15, 0.2) is 0 Å². The van der Waals surface area contributed by atoms with Gasteiger partial charge in [0, 0.05) is 5.69 Å². The van der Waals surface area contributed by atoms with Crippen molar-refractivity contribution in [3.8, 4) is 5.69 Å². The quantitative estimate of drug-likeness (QED) is 0.462. The molecule has 0 spiro atoms. The van der Waals surface area contributed by atoms with Crippen LogP contribution in [-0.2, 0) is 0 Å². The lowest BCUT2D eigenvalue weighted by Gasteiger charge is -2.06. The third-order valence-corrected chi connectivity index (χ3v) is 2.54. The number of nitrogens with zero attached hydrogens (tertiary/aromatic N) is 2. The number of oxime groups is 1. The van der Waals surface area contributed by atoms with Crippen molar-refractivity contribution in [2.75, 3.05) is 0 Å². The second-order valence-corrected chi connectivity index (χ2v) is 3.69. The molecule has 2 aromatic rings. The fourth-order valence-corrected chi connectivity index (χ4v) is 1.68. The zero-order chi connectivity index (χ0) is 13.1. The van der Waals surface area contributed by atoms with Gasteiger partial charge >= 0.3 is 5.69 Å². The number of aromatic nitrogens is 2. The van der Waals surface area contributed by atoms with E-state index in [9.17, 15) is 9.59 Å². The molecule has 2 rings (SSSR count). The van der Waals surface area contributed by atoms with E-state index in [1.54, 1.807) is 37.3 Å². The Morgan fingerprint density at radius 1 is 1.28 bits per heavy atom. The maximum absolute atomic E-state index is 12.1. The van der Waals surface area contributed by atoms with Crippen molar-refractivity contribution >= 4 is 6.21 Å². The summed E-state index contributed by atoms with van der Waals surface area (Å²) in [5.41, 5.74) is -0.105. The second kappa shape index (κ2) is 4.70. The monoisotopic (exact) mass is 245 g/mol. The van der Waals surface area contributed by atoms with Crippen LogP contribution < -0.4 is 11.2 Å². The smallest absolute Gasteiger partial charge is 0.333 e. The van der Waals surface area contributed by atoms with E-state index in [1.807, 2.05) is 0 Å². The van der Waals surface area contributed by atoms with Gasteiger partial charge in [-0.3, -0.25) is 4.79 Å². The van der Waals surface area contributed by atoms with Gasteiger partial charge in [0.2, 0.25) is 0 Å². The molecular formula is C12H11N3O3. The molecule has 0 aliphatic rings.